The summed E-state index contributed by atoms with van der Waals surface area (Å²) in [5.74, 6) is 0.137. The molecule has 1 fully saturated rings. The van der Waals surface area contributed by atoms with Crippen LogP contribution in [0.1, 0.15) is 23.7 Å². The lowest BCUT2D eigenvalue weighted by atomic mass is 10.0. The topological polar surface area (TPSA) is 87.2 Å². The summed E-state index contributed by atoms with van der Waals surface area (Å²) < 4.78 is 0. The van der Waals surface area contributed by atoms with Crippen LogP contribution in [0.5, 0.6) is 0 Å². The van der Waals surface area contributed by atoms with Crippen LogP contribution >= 0.6 is 11.6 Å². The number of nitrogens with one attached hydrogen (secondary N) is 2. The third kappa shape index (κ3) is 4.62. The van der Waals surface area contributed by atoms with Crippen molar-refractivity contribution in [2.45, 2.75) is 18.9 Å². The number of hydrogen-bond acceptors (Lipinski definition) is 5. The van der Waals surface area contributed by atoms with Crippen LogP contribution in [-0.2, 0) is 4.79 Å². The fraction of sp³-hybridized carbons (Fsp3) is 0.263. The lowest BCUT2D eigenvalue weighted by Gasteiger charge is -2.26. The normalized spacial score (nSPS) is 18.8. The van der Waals surface area contributed by atoms with Crippen molar-refractivity contribution in [1.82, 2.24) is 14.9 Å². The number of halogens is 1. The predicted octanol–water partition coefficient (Wildman–Crippen LogP) is 2.97. The zero-order valence-electron chi connectivity index (χ0n) is 14.9. The van der Waals surface area contributed by atoms with E-state index in [-0.39, 0.29) is 17.4 Å². The van der Waals surface area contributed by atoms with Crippen LogP contribution in [0, 0.1) is 0 Å². The van der Waals surface area contributed by atoms with Crippen molar-refractivity contribution in [3.8, 4) is 0 Å². The van der Waals surface area contributed by atoms with E-state index in [0.29, 0.717) is 35.3 Å². The van der Waals surface area contributed by atoms with E-state index in [2.05, 4.69) is 27.2 Å². The molecule has 0 saturated carbocycles. The molecule has 8 heteroatoms. The first-order valence-corrected chi connectivity index (χ1v) is 8.85. The highest BCUT2D eigenvalue weighted by molar-refractivity contribution is 6.30. The van der Waals surface area contributed by atoms with Gasteiger partial charge >= 0.3 is 0 Å². The Morgan fingerprint density at radius 3 is 2.56 bits per heavy atom. The van der Waals surface area contributed by atoms with Gasteiger partial charge in [0.15, 0.2) is 0 Å². The number of hydrogen-bond donors (Lipinski definition) is 2. The molecule has 2 N–H and O–H groups in total. The van der Waals surface area contributed by atoms with Crippen LogP contribution in [0.3, 0.4) is 0 Å². The summed E-state index contributed by atoms with van der Waals surface area (Å²) in [4.78, 5) is 34.2. The Balaban J connectivity index is 1.63. The monoisotopic (exact) mass is 385 g/mol. The Morgan fingerprint density at radius 2 is 1.93 bits per heavy atom. The average Bonchev–Trinajstić information content (AvgIpc) is 3.05. The second-order valence-corrected chi connectivity index (χ2v) is 7.09. The number of anilines is 2. The molecule has 7 nitrogen and oxygen atoms in total. The molecule has 0 radical (unpaired) electrons. The van der Waals surface area contributed by atoms with Crippen molar-refractivity contribution in [2.24, 2.45) is 0 Å². The molecule has 2 aromatic rings. The highest BCUT2D eigenvalue weighted by Gasteiger charge is 2.36. The molecule has 2 heterocycles. The van der Waals surface area contributed by atoms with E-state index in [4.69, 9.17) is 11.6 Å². The van der Waals surface area contributed by atoms with E-state index in [1.807, 2.05) is 6.92 Å². The van der Waals surface area contributed by atoms with Crippen molar-refractivity contribution in [3.63, 3.8) is 0 Å². The zero-order valence-corrected chi connectivity index (χ0v) is 15.7. The molecular weight excluding hydrogens is 366 g/mol. The molecule has 140 valence electrons. The second kappa shape index (κ2) is 7.75. The fourth-order valence-corrected chi connectivity index (χ4v) is 3.05. The molecule has 1 unspecified atom stereocenters. The van der Waals surface area contributed by atoms with E-state index in [1.54, 1.807) is 29.2 Å². The third-order valence-electron chi connectivity index (χ3n) is 4.38. The largest absolute Gasteiger partial charge is 0.347 e. The van der Waals surface area contributed by atoms with Gasteiger partial charge in [0.25, 0.3) is 5.91 Å². The van der Waals surface area contributed by atoms with Gasteiger partial charge in [-0.15, -0.1) is 0 Å². The van der Waals surface area contributed by atoms with E-state index >= 15 is 0 Å². The number of likely N-dealkylation sites (tertiary alicyclic amines) is 1. The van der Waals surface area contributed by atoms with Gasteiger partial charge < -0.3 is 15.5 Å². The summed E-state index contributed by atoms with van der Waals surface area (Å²) in [6.45, 7) is 6.61. The number of aromatic nitrogens is 2. The van der Waals surface area contributed by atoms with Crippen molar-refractivity contribution in [1.29, 1.82) is 0 Å². The van der Waals surface area contributed by atoms with Gasteiger partial charge in [-0.3, -0.25) is 9.59 Å². The maximum absolute atomic E-state index is 12.8. The van der Waals surface area contributed by atoms with Gasteiger partial charge in [0.1, 0.15) is 0 Å². The Morgan fingerprint density at radius 1 is 1.26 bits per heavy atom. The average molecular weight is 386 g/mol. The summed E-state index contributed by atoms with van der Waals surface area (Å²) in [6.07, 6.45) is 5.04. The Kier molecular flexibility index (Phi) is 5.41. The molecule has 1 aromatic carbocycles. The van der Waals surface area contributed by atoms with Crippen LogP contribution in [0.15, 0.2) is 49.3 Å². The molecule has 1 aliphatic heterocycles. The van der Waals surface area contributed by atoms with E-state index in [9.17, 15) is 9.59 Å². The lowest BCUT2D eigenvalue weighted by molar-refractivity contribution is -0.111. The van der Waals surface area contributed by atoms with Crippen molar-refractivity contribution < 1.29 is 9.59 Å². The molecule has 0 spiro atoms. The summed E-state index contributed by atoms with van der Waals surface area (Å²) in [6, 6.07) is 6.80. The number of nitrogens with zero attached hydrogens (tertiary/aromatic N) is 3. The minimum absolute atomic E-state index is 0.0563. The number of benzene rings is 1. The standard InChI is InChI=1S/C19H20ClN5O2/c1-3-16(26)23-15-6-4-13(5-7-15)17(27)25-9-8-19(2,12-25)24-18-21-10-14(20)11-22-18/h3-7,10-11H,1,8-9,12H2,2H3,(H,23,26)(H,21,22,24). The highest BCUT2D eigenvalue weighted by Crippen LogP contribution is 2.26. The molecule has 3 rings (SSSR count). The van der Waals surface area contributed by atoms with E-state index in [0.717, 1.165) is 6.42 Å². The first-order valence-electron chi connectivity index (χ1n) is 8.47. The fourth-order valence-electron chi connectivity index (χ4n) is 2.96. The Bertz CT molecular complexity index is 853. The maximum atomic E-state index is 12.8. The van der Waals surface area contributed by atoms with Crippen LogP contribution in [0.4, 0.5) is 11.6 Å². The van der Waals surface area contributed by atoms with Crippen molar-refractivity contribution in [2.75, 3.05) is 23.7 Å². The van der Waals surface area contributed by atoms with Gasteiger partial charge in [-0.1, -0.05) is 18.2 Å². The quantitative estimate of drug-likeness (QED) is 0.772. The molecule has 1 saturated heterocycles. The molecule has 1 aliphatic rings. The summed E-state index contributed by atoms with van der Waals surface area (Å²) in [7, 11) is 0. The Labute approximate surface area is 162 Å². The predicted molar refractivity (Wildman–Crippen MR) is 105 cm³/mol. The molecule has 27 heavy (non-hydrogen) atoms. The molecule has 0 bridgehead atoms. The summed E-state index contributed by atoms with van der Waals surface area (Å²) in [5.41, 5.74) is 0.865. The molecule has 0 aliphatic carbocycles. The lowest BCUT2D eigenvalue weighted by Crippen LogP contribution is -2.40. The van der Waals surface area contributed by atoms with Crippen LogP contribution < -0.4 is 10.6 Å². The molecular formula is C19H20ClN5O2. The molecule has 1 atom stereocenters. The number of carbonyl (C=O) groups is 2. The van der Waals surface area contributed by atoms with E-state index in [1.165, 1.54) is 18.5 Å². The van der Waals surface area contributed by atoms with Gasteiger partial charge in [-0.25, -0.2) is 9.97 Å². The third-order valence-corrected chi connectivity index (χ3v) is 4.57. The van der Waals surface area contributed by atoms with Crippen molar-refractivity contribution in [3.05, 3.63) is 59.9 Å². The molecule has 1 aromatic heterocycles. The minimum atomic E-state index is -0.318. The minimum Gasteiger partial charge on any atom is -0.347 e. The number of amides is 2. The first-order chi connectivity index (χ1) is 12.9. The zero-order chi connectivity index (χ0) is 19.4. The summed E-state index contributed by atoms with van der Waals surface area (Å²) >= 11 is 5.81. The van der Waals surface area contributed by atoms with Gasteiger partial charge in [0.05, 0.1) is 23.0 Å². The van der Waals surface area contributed by atoms with Gasteiger partial charge in [0.2, 0.25) is 11.9 Å². The van der Waals surface area contributed by atoms with Gasteiger partial charge in [-0.2, -0.15) is 0 Å². The summed E-state index contributed by atoms with van der Waals surface area (Å²) in [5, 5.41) is 6.42. The van der Waals surface area contributed by atoms with E-state index < -0.39 is 0 Å². The van der Waals surface area contributed by atoms with Crippen LogP contribution in [0.25, 0.3) is 0 Å². The van der Waals surface area contributed by atoms with Crippen molar-refractivity contribution >= 4 is 35.1 Å². The second-order valence-electron chi connectivity index (χ2n) is 6.66. The van der Waals surface area contributed by atoms with Gasteiger partial charge in [0, 0.05) is 24.3 Å². The van der Waals surface area contributed by atoms with Crippen LogP contribution in [-0.4, -0.2) is 45.3 Å². The SMILES string of the molecule is C=CC(=O)Nc1ccc(C(=O)N2CCC(C)(Nc3ncc(Cl)cn3)C2)cc1. The highest BCUT2D eigenvalue weighted by atomic mass is 35.5. The first kappa shape index (κ1) is 18.8. The Hall–Kier alpha value is -2.93. The molecule has 2 amide bonds. The van der Waals surface area contributed by atoms with Gasteiger partial charge in [-0.05, 0) is 43.7 Å². The number of carbonyl (C=O) groups excluding carboxylic acids is 2. The van der Waals surface area contributed by atoms with Crippen LogP contribution in [0.2, 0.25) is 5.02 Å². The smallest absolute Gasteiger partial charge is 0.253 e. The maximum Gasteiger partial charge on any atom is 0.253 e. The number of rotatable bonds is 5.